The van der Waals surface area contributed by atoms with E-state index in [-0.39, 0.29) is 0 Å². The zero-order valence-corrected chi connectivity index (χ0v) is 11.9. The molecule has 86 valence electrons. The van der Waals surface area contributed by atoms with Gasteiger partial charge in [-0.2, -0.15) is 0 Å². The average Bonchev–Trinajstić information content (AvgIpc) is 1.97. The minimum absolute atomic E-state index is 0.395. The van der Waals surface area contributed by atoms with Crippen LogP contribution in [0.25, 0.3) is 0 Å². The molecule has 5 heteroatoms. The van der Waals surface area contributed by atoms with Crippen molar-refractivity contribution in [1.29, 1.82) is 0 Å². The van der Waals surface area contributed by atoms with Crippen molar-refractivity contribution in [2.24, 2.45) is 0 Å². The summed E-state index contributed by atoms with van der Waals surface area (Å²) in [4.78, 5) is 18.1. The van der Waals surface area contributed by atoms with E-state index in [4.69, 9.17) is 14.0 Å². The Morgan fingerprint density at radius 3 is 1.21 bits per heavy atom. The minimum Gasteiger partial charge on any atom is -0.353 e. The van der Waals surface area contributed by atoms with Crippen LogP contribution in [0.3, 0.4) is 0 Å². The third kappa shape index (κ3) is 3.01. The van der Waals surface area contributed by atoms with Crippen LogP contribution in [0.2, 0.25) is 16.6 Å². The summed E-state index contributed by atoms with van der Waals surface area (Å²) in [6.45, 7) is 12.7. The van der Waals surface area contributed by atoms with Crippen LogP contribution in [0.4, 0.5) is 0 Å². The van der Waals surface area contributed by atoms with Crippen molar-refractivity contribution in [3.8, 4) is 0 Å². The lowest BCUT2D eigenvalue weighted by Gasteiger charge is -2.41. The van der Waals surface area contributed by atoms with E-state index in [1.54, 1.807) is 0 Å². The van der Waals surface area contributed by atoms with Gasteiger partial charge in [-0.05, 0) is 16.6 Å². The highest BCUT2D eigenvalue weighted by molar-refractivity contribution is 7.41. The van der Waals surface area contributed by atoms with Gasteiger partial charge in [-0.15, -0.1) is 0 Å². The van der Waals surface area contributed by atoms with Crippen molar-refractivity contribution >= 4 is 16.9 Å². The Labute approximate surface area is 89.6 Å². The first-order valence-corrected chi connectivity index (χ1v) is 8.42. The molecule has 0 saturated heterocycles. The molecule has 0 bridgehead atoms. The molecule has 0 heterocycles. The van der Waals surface area contributed by atoms with Crippen molar-refractivity contribution in [3.05, 3.63) is 0 Å². The zero-order chi connectivity index (χ0) is 11.5. The van der Waals surface area contributed by atoms with Gasteiger partial charge in [0.2, 0.25) is 8.32 Å². The molecule has 0 aliphatic rings. The third-order valence-corrected chi connectivity index (χ3v) is 10.3. The standard InChI is InChI=1S/C9H23O3PSi/c1-7(2)14(8(3)4,9(5)6)12-13(10)11/h7-11H,1-6H3. The van der Waals surface area contributed by atoms with Gasteiger partial charge in [0, 0.05) is 0 Å². The van der Waals surface area contributed by atoms with Crippen LogP contribution in [0.5, 0.6) is 0 Å². The van der Waals surface area contributed by atoms with E-state index in [1.807, 2.05) is 0 Å². The first kappa shape index (κ1) is 14.5. The van der Waals surface area contributed by atoms with Crippen LogP contribution in [-0.4, -0.2) is 18.1 Å². The van der Waals surface area contributed by atoms with Crippen molar-refractivity contribution in [1.82, 2.24) is 0 Å². The quantitative estimate of drug-likeness (QED) is 0.570. The lowest BCUT2D eigenvalue weighted by Crippen LogP contribution is -2.46. The fourth-order valence-corrected chi connectivity index (χ4v) is 10.1. The largest absolute Gasteiger partial charge is 0.353 e. The normalized spacial score (nSPS) is 13.7. The Balaban J connectivity index is 4.95. The first-order chi connectivity index (χ1) is 6.25. The van der Waals surface area contributed by atoms with E-state index in [0.29, 0.717) is 16.6 Å². The molecular weight excluding hydrogens is 215 g/mol. The highest BCUT2D eigenvalue weighted by atomic mass is 31.2. The van der Waals surface area contributed by atoms with Gasteiger partial charge < -0.3 is 14.0 Å². The maximum Gasteiger partial charge on any atom is 0.316 e. The lowest BCUT2D eigenvalue weighted by molar-refractivity contribution is 0.353. The summed E-state index contributed by atoms with van der Waals surface area (Å²) in [5.74, 6) is 0. The van der Waals surface area contributed by atoms with Gasteiger partial charge >= 0.3 is 8.60 Å². The molecule has 0 unspecified atom stereocenters. The van der Waals surface area contributed by atoms with Gasteiger partial charge in [0.1, 0.15) is 0 Å². The fourth-order valence-electron chi connectivity index (χ4n) is 2.46. The van der Waals surface area contributed by atoms with Crippen LogP contribution >= 0.6 is 8.60 Å². The van der Waals surface area contributed by atoms with E-state index in [1.165, 1.54) is 0 Å². The second-order valence-electron chi connectivity index (χ2n) is 4.66. The van der Waals surface area contributed by atoms with E-state index in [2.05, 4.69) is 41.5 Å². The molecule has 0 aromatic heterocycles. The van der Waals surface area contributed by atoms with Gasteiger partial charge in [0.15, 0.2) is 0 Å². The SMILES string of the molecule is CC(C)[Si](OP(O)O)(C(C)C)C(C)C. The molecule has 0 rings (SSSR count). The van der Waals surface area contributed by atoms with Crippen molar-refractivity contribution in [2.45, 2.75) is 58.2 Å². The number of hydrogen-bond acceptors (Lipinski definition) is 3. The summed E-state index contributed by atoms with van der Waals surface area (Å²) in [5, 5.41) is 0. The summed E-state index contributed by atoms with van der Waals surface area (Å²) < 4.78 is 5.54. The van der Waals surface area contributed by atoms with Crippen LogP contribution in [0, 0.1) is 0 Å². The molecule has 0 amide bonds. The van der Waals surface area contributed by atoms with Crippen molar-refractivity contribution in [3.63, 3.8) is 0 Å². The van der Waals surface area contributed by atoms with E-state index in [9.17, 15) is 0 Å². The Morgan fingerprint density at radius 2 is 1.14 bits per heavy atom. The molecule has 14 heavy (non-hydrogen) atoms. The van der Waals surface area contributed by atoms with Gasteiger partial charge in [-0.3, -0.25) is 0 Å². The topological polar surface area (TPSA) is 49.7 Å². The molecule has 0 atom stereocenters. The fraction of sp³-hybridized carbons (Fsp3) is 1.00. The predicted molar refractivity (Wildman–Crippen MR) is 63.5 cm³/mol. The highest BCUT2D eigenvalue weighted by Gasteiger charge is 2.46. The second kappa shape index (κ2) is 5.57. The monoisotopic (exact) mass is 238 g/mol. The summed E-state index contributed by atoms with van der Waals surface area (Å²) in [6.07, 6.45) is 0. The molecule has 3 nitrogen and oxygen atoms in total. The molecule has 0 saturated carbocycles. The average molecular weight is 238 g/mol. The Kier molecular flexibility index (Phi) is 5.78. The Morgan fingerprint density at radius 1 is 0.857 bits per heavy atom. The molecule has 0 aromatic carbocycles. The molecule has 0 aliphatic heterocycles. The van der Waals surface area contributed by atoms with Crippen LogP contribution in [0.1, 0.15) is 41.5 Å². The number of hydrogen-bond donors (Lipinski definition) is 2. The van der Waals surface area contributed by atoms with Crippen molar-refractivity contribution in [2.75, 3.05) is 0 Å². The predicted octanol–water partition coefficient (Wildman–Crippen LogP) is 3.39. The molecule has 0 fully saturated rings. The molecule has 0 aliphatic carbocycles. The summed E-state index contributed by atoms with van der Waals surface area (Å²) in [6, 6.07) is 0. The third-order valence-electron chi connectivity index (χ3n) is 2.95. The van der Waals surface area contributed by atoms with Gasteiger partial charge in [0.25, 0.3) is 0 Å². The van der Waals surface area contributed by atoms with E-state index in [0.717, 1.165) is 0 Å². The van der Waals surface area contributed by atoms with Crippen molar-refractivity contribution < 1.29 is 14.0 Å². The molecule has 2 N–H and O–H groups in total. The van der Waals surface area contributed by atoms with Gasteiger partial charge in [0.05, 0.1) is 0 Å². The van der Waals surface area contributed by atoms with Gasteiger partial charge in [-0.1, -0.05) is 41.5 Å². The Hall–Kier alpha value is 0.527. The smallest absolute Gasteiger partial charge is 0.316 e. The molecule has 0 aromatic rings. The van der Waals surface area contributed by atoms with E-state index < -0.39 is 16.9 Å². The molecule has 0 radical (unpaired) electrons. The summed E-state index contributed by atoms with van der Waals surface area (Å²) in [5.41, 5.74) is 1.19. The van der Waals surface area contributed by atoms with Crippen LogP contribution in [-0.2, 0) is 4.21 Å². The van der Waals surface area contributed by atoms with Crippen LogP contribution in [0.15, 0.2) is 0 Å². The lowest BCUT2D eigenvalue weighted by atomic mass is 10.5. The van der Waals surface area contributed by atoms with E-state index >= 15 is 0 Å². The zero-order valence-electron chi connectivity index (χ0n) is 9.98. The molecular formula is C9H23O3PSi. The minimum atomic E-state index is -2.22. The first-order valence-electron chi connectivity index (χ1n) is 5.12. The maximum absolute atomic E-state index is 9.07. The van der Waals surface area contributed by atoms with Crippen LogP contribution < -0.4 is 0 Å². The number of rotatable bonds is 5. The van der Waals surface area contributed by atoms with Gasteiger partial charge in [-0.25, -0.2) is 0 Å². The summed E-state index contributed by atoms with van der Waals surface area (Å²) in [7, 11) is -4.29. The summed E-state index contributed by atoms with van der Waals surface area (Å²) >= 11 is 0. The highest BCUT2D eigenvalue weighted by Crippen LogP contribution is 2.48. The second-order valence-corrected chi connectivity index (χ2v) is 11.1. The molecule has 0 spiro atoms. The maximum atomic E-state index is 9.07. The Bertz CT molecular complexity index is 150.